The molecule has 0 aliphatic carbocycles. The predicted molar refractivity (Wildman–Crippen MR) is 168 cm³/mol. The molecular weight excluding hydrogens is 528 g/mol. The van der Waals surface area contributed by atoms with Crippen molar-refractivity contribution in [2.75, 3.05) is 31.9 Å². The maximum absolute atomic E-state index is 13.6. The van der Waals surface area contributed by atoms with Crippen molar-refractivity contribution in [2.24, 2.45) is 0 Å². The van der Waals surface area contributed by atoms with Gasteiger partial charge in [-0.25, -0.2) is 9.97 Å². The molecule has 2 aromatic heterocycles. The van der Waals surface area contributed by atoms with Gasteiger partial charge in [-0.1, -0.05) is 64.4 Å². The zero-order valence-corrected chi connectivity index (χ0v) is 25.4. The number of esters is 1. The first-order valence-electron chi connectivity index (χ1n) is 15.2. The van der Waals surface area contributed by atoms with Gasteiger partial charge in [-0.05, 0) is 49.7 Å². The van der Waals surface area contributed by atoms with Gasteiger partial charge in [0, 0.05) is 37.9 Å². The number of carbonyl (C=O) groups excluding carboxylic acids is 2. The summed E-state index contributed by atoms with van der Waals surface area (Å²) < 4.78 is 7.71. The van der Waals surface area contributed by atoms with Gasteiger partial charge in [-0.3, -0.25) is 14.5 Å². The van der Waals surface area contributed by atoms with Crippen LogP contribution in [0, 0.1) is 0 Å². The molecule has 1 amide bonds. The predicted octanol–water partition coefficient (Wildman–Crippen LogP) is 5.59. The second-order valence-corrected chi connectivity index (χ2v) is 10.6. The van der Waals surface area contributed by atoms with Gasteiger partial charge < -0.3 is 19.9 Å². The number of para-hydroxylation sites is 1. The molecule has 4 rings (SSSR count). The molecule has 9 nitrogen and oxygen atoms in total. The summed E-state index contributed by atoms with van der Waals surface area (Å²) in [6.45, 7) is 11.8. The second kappa shape index (κ2) is 14.8. The fraction of sp³-hybridized carbons (Fsp3) is 0.455. The molecule has 0 radical (unpaired) electrons. The molecule has 224 valence electrons. The molecule has 0 fully saturated rings. The number of carbonyl (C=O) groups is 2. The lowest BCUT2D eigenvalue weighted by atomic mass is 10.1. The molecule has 0 unspecified atom stereocenters. The molecule has 42 heavy (non-hydrogen) atoms. The number of unbranched alkanes of at least 4 members (excludes halogenated alkanes) is 1. The Morgan fingerprint density at radius 1 is 0.976 bits per heavy atom. The van der Waals surface area contributed by atoms with E-state index in [2.05, 4.69) is 41.3 Å². The molecule has 2 aromatic carbocycles. The first-order valence-corrected chi connectivity index (χ1v) is 15.2. The topological polar surface area (TPSA) is 107 Å². The van der Waals surface area contributed by atoms with E-state index in [0.717, 1.165) is 72.1 Å². The van der Waals surface area contributed by atoms with Gasteiger partial charge >= 0.3 is 5.97 Å². The van der Waals surface area contributed by atoms with Crippen LogP contribution in [0.1, 0.15) is 64.8 Å². The van der Waals surface area contributed by atoms with Crippen LogP contribution in [0.2, 0.25) is 0 Å². The first-order chi connectivity index (χ1) is 20.4. The third-order valence-electron chi connectivity index (χ3n) is 7.65. The number of nitrogens with two attached hydrogens (primary N) is 1. The highest BCUT2D eigenvalue weighted by molar-refractivity contribution is 6.06. The number of amides is 1. The summed E-state index contributed by atoms with van der Waals surface area (Å²) in [6.07, 6.45) is 4.00. The highest BCUT2D eigenvalue weighted by Gasteiger charge is 2.20. The molecule has 0 aliphatic rings. The molecule has 2 N–H and O–H groups in total. The van der Waals surface area contributed by atoms with E-state index in [4.69, 9.17) is 15.5 Å². The Morgan fingerprint density at radius 2 is 1.76 bits per heavy atom. The van der Waals surface area contributed by atoms with Gasteiger partial charge in [-0.15, -0.1) is 0 Å². The number of ether oxygens (including phenoxy) is 1. The number of rotatable bonds is 15. The standard InChI is InChI=1S/C33H44N6O3/c1-5-9-18-28-36-31-32(26-16-10-11-17-27(26)35-33(31)34)39(28)20-13-19-38(29(40)23-37(7-3)8-4)22-24-14-12-15-25(21-24)42-30(41)6-2/h10-12,14-17,21H,5-9,13,18-20,22-23H2,1-4H3,(H2,34,35). The molecule has 0 atom stereocenters. The van der Waals surface area contributed by atoms with E-state index >= 15 is 0 Å². The number of imidazole rings is 1. The molecule has 9 heteroatoms. The van der Waals surface area contributed by atoms with Gasteiger partial charge in [-0.2, -0.15) is 0 Å². The van der Waals surface area contributed by atoms with Crippen molar-refractivity contribution in [1.82, 2.24) is 24.3 Å². The van der Waals surface area contributed by atoms with Gasteiger partial charge in [0.25, 0.3) is 0 Å². The highest BCUT2D eigenvalue weighted by atomic mass is 16.5. The van der Waals surface area contributed by atoms with Gasteiger partial charge in [0.15, 0.2) is 5.82 Å². The Bertz CT molecular complexity index is 1510. The lowest BCUT2D eigenvalue weighted by Gasteiger charge is -2.27. The number of hydrogen-bond donors (Lipinski definition) is 1. The van der Waals surface area contributed by atoms with Crippen LogP contribution in [0.25, 0.3) is 21.9 Å². The van der Waals surface area contributed by atoms with E-state index < -0.39 is 0 Å². The lowest BCUT2D eigenvalue weighted by molar-refractivity contribution is -0.134. The van der Waals surface area contributed by atoms with Crippen molar-refractivity contribution in [3.63, 3.8) is 0 Å². The van der Waals surface area contributed by atoms with E-state index in [-0.39, 0.29) is 11.9 Å². The fourth-order valence-electron chi connectivity index (χ4n) is 5.25. The Kier molecular flexibility index (Phi) is 10.9. The fourth-order valence-corrected chi connectivity index (χ4v) is 5.25. The maximum atomic E-state index is 13.6. The van der Waals surface area contributed by atoms with Crippen molar-refractivity contribution in [3.8, 4) is 5.75 Å². The van der Waals surface area contributed by atoms with E-state index in [1.165, 1.54) is 0 Å². The van der Waals surface area contributed by atoms with Crippen LogP contribution in [0.3, 0.4) is 0 Å². The minimum absolute atomic E-state index is 0.0789. The molecule has 0 spiro atoms. The molecule has 0 saturated heterocycles. The summed E-state index contributed by atoms with van der Waals surface area (Å²) in [5.74, 6) is 1.74. The van der Waals surface area contributed by atoms with Gasteiger partial charge in [0.1, 0.15) is 17.1 Å². The van der Waals surface area contributed by atoms with Crippen molar-refractivity contribution in [3.05, 3.63) is 59.9 Å². The van der Waals surface area contributed by atoms with E-state index in [1.54, 1.807) is 13.0 Å². The Morgan fingerprint density at radius 3 is 2.50 bits per heavy atom. The number of nitrogen functional groups attached to an aromatic ring is 1. The normalized spacial score (nSPS) is 11.5. The number of aryl methyl sites for hydroxylation is 2. The third-order valence-corrected chi connectivity index (χ3v) is 7.65. The second-order valence-electron chi connectivity index (χ2n) is 10.6. The van der Waals surface area contributed by atoms with E-state index in [9.17, 15) is 9.59 Å². The summed E-state index contributed by atoms with van der Waals surface area (Å²) in [5.41, 5.74) is 9.91. The van der Waals surface area contributed by atoms with Crippen LogP contribution in [-0.2, 0) is 29.1 Å². The first kappa shape index (κ1) is 31.0. The SMILES string of the molecule is CCCCc1nc2c(N)nc3ccccc3c2n1CCCN(Cc1cccc(OC(=O)CC)c1)C(=O)CN(CC)CC. The van der Waals surface area contributed by atoms with Crippen molar-refractivity contribution in [2.45, 2.75) is 72.9 Å². The summed E-state index contributed by atoms with van der Waals surface area (Å²) in [7, 11) is 0. The lowest BCUT2D eigenvalue weighted by Crippen LogP contribution is -2.40. The summed E-state index contributed by atoms with van der Waals surface area (Å²) in [6, 6.07) is 15.5. The number of aromatic nitrogens is 3. The minimum atomic E-state index is -0.281. The van der Waals surface area contributed by atoms with Crippen LogP contribution in [-0.4, -0.2) is 62.4 Å². The Balaban J connectivity index is 1.61. The monoisotopic (exact) mass is 572 g/mol. The molecule has 2 heterocycles. The number of anilines is 1. The number of nitrogens with zero attached hydrogens (tertiary/aromatic N) is 5. The molecule has 0 aliphatic heterocycles. The van der Waals surface area contributed by atoms with Crippen LogP contribution < -0.4 is 10.5 Å². The average Bonchev–Trinajstić information content (AvgIpc) is 3.37. The molecule has 4 aromatic rings. The van der Waals surface area contributed by atoms with E-state index in [0.29, 0.717) is 44.2 Å². The number of pyridine rings is 1. The summed E-state index contributed by atoms with van der Waals surface area (Å²) in [4.78, 5) is 39.0. The van der Waals surface area contributed by atoms with E-state index in [1.807, 2.05) is 41.3 Å². The number of hydrogen-bond acceptors (Lipinski definition) is 7. The zero-order valence-electron chi connectivity index (χ0n) is 25.4. The van der Waals surface area contributed by atoms with Crippen LogP contribution in [0.4, 0.5) is 5.82 Å². The number of fused-ring (bicyclic) bond motifs is 3. The maximum Gasteiger partial charge on any atom is 0.310 e. The smallest absolute Gasteiger partial charge is 0.310 e. The average molecular weight is 573 g/mol. The summed E-state index contributed by atoms with van der Waals surface area (Å²) >= 11 is 0. The Hall–Kier alpha value is -3.98. The third kappa shape index (κ3) is 7.45. The summed E-state index contributed by atoms with van der Waals surface area (Å²) in [5, 5.41) is 1.03. The number of benzene rings is 2. The van der Waals surface area contributed by atoms with Gasteiger partial charge in [0.05, 0.1) is 17.6 Å². The molecule has 0 saturated carbocycles. The zero-order chi connectivity index (χ0) is 30.1. The van der Waals surface area contributed by atoms with Crippen molar-refractivity contribution >= 4 is 39.6 Å². The number of likely N-dealkylation sites (N-methyl/N-ethyl adjacent to an activating group) is 1. The van der Waals surface area contributed by atoms with Crippen molar-refractivity contribution in [1.29, 1.82) is 0 Å². The highest BCUT2D eigenvalue weighted by Crippen LogP contribution is 2.29. The molecule has 0 bridgehead atoms. The molecular formula is C33H44N6O3. The van der Waals surface area contributed by atoms with Crippen LogP contribution in [0.5, 0.6) is 5.75 Å². The minimum Gasteiger partial charge on any atom is -0.427 e. The van der Waals surface area contributed by atoms with Crippen molar-refractivity contribution < 1.29 is 14.3 Å². The Labute approximate surface area is 248 Å². The van der Waals surface area contributed by atoms with Gasteiger partial charge in [0.2, 0.25) is 5.91 Å². The largest absolute Gasteiger partial charge is 0.427 e. The van der Waals surface area contributed by atoms with Crippen LogP contribution >= 0.6 is 0 Å². The quantitative estimate of drug-likeness (QED) is 0.146. The van der Waals surface area contributed by atoms with Crippen LogP contribution in [0.15, 0.2) is 48.5 Å².